The molecule has 0 radical (unpaired) electrons. The van der Waals surface area contributed by atoms with Crippen molar-refractivity contribution in [2.24, 2.45) is 5.92 Å². The molecule has 16 heavy (non-hydrogen) atoms. The molecule has 0 bridgehead atoms. The van der Waals surface area contributed by atoms with Gasteiger partial charge in [0.25, 0.3) is 0 Å². The summed E-state index contributed by atoms with van der Waals surface area (Å²) in [6, 6.07) is 8.08. The number of aliphatic hydroxyl groups excluding tert-OH is 1. The molecule has 3 nitrogen and oxygen atoms in total. The molecule has 1 atom stereocenters. The second kappa shape index (κ2) is 5.21. The number of nitrogens with zero attached hydrogens (tertiary/aromatic N) is 1. The van der Waals surface area contributed by atoms with Crippen molar-refractivity contribution in [2.45, 2.75) is 12.8 Å². The minimum atomic E-state index is 0.283. The molecule has 1 saturated heterocycles. The highest BCUT2D eigenvalue weighted by Crippen LogP contribution is 2.30. The van der Waals surface area contributed by atoms with Gasteiger partial charge in [0.1, 0.15) is 5.75 Å². The van der Waals surface area contributed by atoms with E-state index in [-0.39, 0.29) is 6.61 Å². The fourth-order valence-corrected chi connectivity index (χ4v) is 2.32. The smallest absolute Gasteiger partial charge is 0.142 e. The third kappa shape index (κ3) is 2.30. The minimum absolute atomic E-state index is 0.283. The van der Waals surface area contributed by atoms with E-state index in [2.05, 4.69) is 11.0 Å². The molecule has 1 aromatic rings. The SMILES string of the molecule is COc1ccccc1N1CCCC(CO)C1. The summed E-state index contributed by atoms with van der Waals surface area (Å²) < 4.78 is 5.36. The number of anilines is 1. The quantitative estimate of drug-likeness (QED) is 0.846. The van der Waals surface area contributed by atoms with E-state index in [0.29, 0.717) is 5.92 Å². The lowest BCUT2D eigenvalue weighted by Crippen LogP contribution is -2.36. The van der Waals surface area contributed by atoms with E-state index >= 15 is 0 Å². The summed E-state index contributed by atoms with van der Waals surface area (Å²) in [5.41, 5.74) is 1.14. The minimum Gasteiger partial charge on any atom is -0.495 e. The normalized spacial score (nSPS) is 20.9. The van der Waals surface area contributed by atoms with Gasteiger partial charge in [-0.2, -0.15) is 0 Å². The van der Waals surface area contributed by atoms with Crippen LogP contribution >= 0.6 is 0 Å². The summed E-state index contributed by atoms with van der Waals surface area (Å²) >= 11 is 0. The highest BCUT2D eigenvalue weighted by Gasteiger charge is 2.21. The molecule has 88 valence electrons. The Morgan fingerprint density at radius 2 is 2.25 bits per heavy atom. The Balaban J connectivity index is 2.16. The Kier molecular flexibility index (Phi) is 3.67. The first kappa shape index (κ1) is 11.3. The molecule has 0 aliphatic carbocycles. The average molecular weight is 221 g/mol. The molecule has 0 amide bonds. The molecule has 1 fully saturated rings. The fourth-order valence-electron chi connectivity index (χ4n) is 2.32. The van der Waals surface area contributed by atoms with Gasteiger partial charge in [-0.3, -0.25) is 0 Å². The number of ether oxygens (including phenoxy) is 1. The molecule has 1 N–H and O–H groups in total. The Labute approximate surface area is 96.6 Å². The zero-order valence-corrected chi connectivity index (χ0v) is 9.72. The standard InChI is InChI=1S/C13H19NO2/c1-16-13-7-3-2-6-12(13)14-8-4-5-11(9-14)10-15/h2-3,6-7,11,15H,4-5,8-10H2,1H3. The first-order chi connectivity index (χ1) is 7.85. The predicted molar refractivity (Wildman–Crippen MR) is 65.0 cm³/mol. The summed E-state index contributed by atoms with van der Waals surface area (Å²) in [5.74, 6) is 1.32. The second-order valence-corrected chi connectivity index (χ2v) is 4.31. The van der Waals surface area contributed by atoms with E-state index in [1.807, 2.05) is 18.2 Å². The molecule has 3 heteroatoms. The van der Waals surface area contributed by atoms with Crippen molar-refractivity contribution < 1.29 is 9.84 Å². The molecule has 0 aromatic heterocycles. The number of hydrogen-bond acceptors (Lipinski definition) is 3. The van der Waals surface area contributed by atoms with Gasteiger partial charge in [0, 0.05) is 19.7 Å². The van der Waals surface area contributed by atoms with E-state index in [9.17, 15) is 5.11 Å². The van der Waals surface area contributed by atoms with Crippen molar-refractivity contribution in [1.82, 2.24) is 0 Å². The number of benzene rings is 1. The first-order valence-corrected chi connectivity index (χ1v) is 5.84. The summed E-state index contributed by atoms with van der Waals surface area (Å²) in [5, 5.41) is 9.22. The van der Waals surface area contributed by atoms with Crippen LogP contribution < -0.4 is 9.64 Å². The Bertz CT molecular complexity index is 340. The molecule has 0 saturated carbocycles. The van der Waals surface area contributed by atoms with E-state index in [4.69, 9.17) is 4.74 Å². The van der Waals surface area contributed by atoms with Crippen LogP contribution in [0.15, 0.2) is 24.3 Å². The molecular formula is C13H19NO2. The predicted octanol–water partition coefficient (Wildman–Crippen LogP) is 1.90. The number of aliphatic hydroxyl groups is 1. The fraction of sp³-hybridized carbons (Fsp3) is 0.538. The third-order valence-electron chi connectivity index (χ3n) is 3.20. The van der Waals surface area contributed by atoms with Crippen LogP contribution in [0.25, 0.3) is 0 Å². The Morgan fingerprint density at radius 1 is 1.44 bits per heavy atom. The van der Waals surface area contributed by atoms with Crippen molar-refractivity contribution in [3.63, 3.8) is 0 Å². The van der Waals surface area contributed by atoms with E-state index in [1.54, 1.807) is 7.11 Å². The van der Waals surface area contributed by atoms with E-state index < -0.39 is 0 Å². The summed E-state index contributed by atoms with van der Waals surface area (Å²) in [6.07, 6.45) is 2.27. The molecule has 1 aliphatic rings. The van der Waals surface area contributed by atoms with Crippen LogP contribution in [0.2, 0.25) is 0 Å². The van der Waals surface area contributed by atoms with Crippen LogP contribution in [-0.4, -0.2) is 31.9 Å². The maximum Gasteiger partial charge on any atom is 0.142 e. The van der Waals surface area contributed by atoms with Crippen LogP contribution in [0, 0.1) is 5.92 Å². The number of hydrogen-bond donors (Lipinski definition) is 1. The monoisotopic (exact) mass is 221 g/mol. The lowest BCUT2D eigenvalue weighted by atomic mass is 9.98. The molecule has 1 aromatic carbocycles. The average Bonchev–Trinajstić information content (AvgIpc) is 2.38. The lowest BCUT2D eigenvalue weighted by Gasteiger charge is -2.34. The summed E-state index contributed by atoms with van der Waals surface area (Å²) in [4.78, 5) is 2.31. The molecule has 1 aliphatic heterocycles. The summed E-state index contributed by atoms with van der Waals surface area (Å²) in [7, 11) is 1.70. The van der Waals surface area contributed by atoms with Crippen molar-refractivity contribution >= 4 is 5.69 Å². The second-order valence-electron chi connectivity index (χ2n) is 4.31. The largest absolute Gasteiger partial charge is 0.495 e. The highest BCUT2D eigenvalue weighted by molar-refractivity contribution is 5.58. The molecule has 1 heterocycles. The van der Waals surface area contributed by atoms with Gasteiger partial charge in [-0.05, 0) is 30.9 Å². The Hall–Kier alpha value is -1.22. The van der Waals surface area contributed by atoms with Gasteiger partial charge in [0.05, 0.1) is 12.8 Å². The van der Waals surface area contributed by atoms with Crippen molar-refractivity contribution in [3.05, 3.63) is 24.3 Å². The maximum atomic E-state index is 9.22. The van der Waals surface area contributed by atoms with Crippen LogP contribution in [0.3, 0.4) is 0 Å². The van der Waals surface area contributed by atoms with E-state index in [0.717, 1.165) is 37.4 Å². The van der Waals surface area contributed by atoms with Crippen LogP contribution in [-0.2, 0) is 0 Å². The van der Waals surface area contributed by atoms with Crippen molar-refractivity contribution in [3.8, 4) is 5.75 Å². The molecule has 0 spiro atoms. The highest BCUT2D eigenvalue weighted by atomic mass is 16.5. The Morgan fingerprint density at radius 3 is 3.00 bits per heavy atom. The molecular weight excluding hydrogens is 202 g/mol. The van der Waals surface area contributed by atoms with Crippen LogP contribution in [0.1, 0.15) is 12.8 Å². The molecule has 2 rings (SSSR count). The number of methoxy groups -OCH3 is 1. The first-order valence-electron chi connectivity index (χ1n) is 5.84. The van der Waals surface area contributed by atoms with Crippen molar-refractivity contribution in [2.75, 3.05) is 31.7 Å². The van der Waals surface area contributed by atoms with Crippen molar-refractivity contribution in [1.29, 1.82) is 0 Å². The number of para-hydroxylation sites is 2. The van der Waals surface area contributed by atoms with Gasteiger partial charge in [0.2, 0.25) is 0 Å². The van der Waals surface area contributed by atoms with Gasteiger partial charge < -0.3 is 14.7 Å². The zero-order chi connectivity index (χ0) is 11.4. The van der Waals surface area contributed by atoms with Crippen LogP contribution in [0.5, 0.6) is 5.75 Å². The lowest BCUT2D eigenvalue weighted by molar-refractivity contribution is 0.208. The van der Waals surface area contributed by atoms with Gasteiger partial charge in [0.15, 0.2) is 0 Å². The van der Waals surface area contributed by atoms with E-state index in [1.165, 1.54) is 0 Å². The zero-order valence-electron chi connectivity index (χ0n) is 9.72. The third-order valence-corrected chi connectivity index (χ3v) is 3.20. The molecule has 1 unspecified atom stereocenters. The number of piperidine rings is 1. The number of rotatable bonds is 3. The van der Waals surface area contributed by atoms with Gasteiger partial charge in [-0.1, -0.05) is 12.1 Å². The van der Waals surface area contributed by atoms with Crippen LogP contribution in [0.4, 0.5) is 5.69 Å². The van der Waals surface area contributed by atoms with Gasteiger partial charge in [-0.15, -0.1) is 0 Å². The summed E-state index contributed by atoms with van der Waals surface area (Å²) in [6.45, 7) is 2.26. The van der Waals surface area contributed by atoms with Gasteiger partial charge in [-0.25, -0.2) is 0 Å². The maximum absolute atomic E-state index is 9.22. The topological polar surface area (TPSA) is 32.7 Å². The van der Waals surface area contributed by atoms with Gasteiger partial charge >= 0.3 is 0 Å².